The van der Waals surface area contributed by atoms with E-state index in [2.05, 4.69) is 10.6 Å². The molecule has 0 aromatic heterocycles. The lowest BCUT2D eigenvalue weighted by atomic mass is 10.0. The van der Waals surface area contributed by atoms with E-state index >= 15 is 0 Å². The smallest absolute Gasteiger partial charge is 0.244 e. The molecule has 120 valence electrons. The maximum Gasteiger partial charge on any atom is 0.244 e. The third-order valence-corrected chi connectivity index (χ3v) is 3.44. The molecule has 2 amide bonds. The largest absolute Gasteiger partial charge is 0.391 e. The van der Waals surface area contributed by atoms with Gasteiger partial charge in [0.25, 0.3) is 0 Å². The van der Waals surface area contributed by atoms with Gasteiger partial charge < -0.3 is 15.7 Å². The van der Waals surface area contributed by atoms with Gasteiger partial charge in [0.1, 0.15) is 0 Å². The second-order valence-corrected chi connectivity index (χ2v) is 5.33. The molecule has 0 saturated heterocycles. The van der Waals surface area contributed by atoms with Gasteiger partial charge in [0.15, 0.2) is 0 Å². The van der Waals surface area contributed by atoms with Crippen LogP contribution in [0, 0.1) is 5.92 Å². The molecule has 0 aliphatic carbocycles. The normalized spacial score (nSPS) is 13.6. The van der Waals surface area contributed by atoms with Crippen molar-refractivity contribution >= 4 is 23.6 Å². The average molecular weight is 304 g/mol. The fraction of sp³-hybridized carbons (Fsp3) is 0.412. The number of amides is 2. The van der Waals surface area contributed by atoms with Gasteiger partial charge >= 0.3 is 0 Å². The van der Waals surface area contributed by atoms with E-state index in [1.165, 1.54) is 13.0 Å². The van der Waals surface area contributed by atoms with Crippen LogP contribution >= 0.6 is 0 Å². The SMILES string of the molecule is CCC(C)C(O)CNC(=O)/C=C/c1ccc(NC(C)=O)cc1. The van der Waals surface area contributed by atoms with E-state index in [1.54, 1.807) is 18.2 Å². The molecule has 1 aromatic carbocycles. The number of hydrogen-bond acceptors (Lipinski definition) is 3. The van der Waals surface area contributed by atoms with E-state index in [9.17, 15) is 14.7 Å². The predicted molar refractivity (Wildman–Crippen MR) is 88.3 cm³/mol. The van der Waals surface area contributed by atoms with Crippen molar-refractivity contribution in [3.05, 3.63) is 35.9 Å². The van der Waals surface area contributed by atoms with E-state index in [-0.39, 0.29) is 24.3 Å². The monoisotopic (exact) mass is 304 g/mol. The second kappa shape index (κ2) is 9.00. The van der Waals surface area contributed by atoms with Gasteiger partial charge in [0.2, 0.25) is 11.8 Å². The summed E-state index contributed by atoms with van der Waals surface area (Å²) in [5.74, 6) is -0.207. The van der Waals surface area contributed by atoms with Gasteiger partial charge in [-0.3, -0.25) is 9.59 Å². The fourth-order valence-electron chi connectivity index (χ4n) is 1.79. The first-order valence-electron chi connectivity index (χ1n) is 7.44. The molecule has 0 radical (unpaired) electrons. The highest BCUT2D eigenvalue weighted by atomic mass is 16.3. The summed E-state index contributed by atoms with van der Waals surface area (Å²) in [6.07, 6.45) is 3.45. The van der Waals surface area contributed by atoms with Crippen molar-refractivity contribution in [1.82, 2.24) is 5.32 Å². The van der Waals surface area contributed by atoms with Gasteiger partial charge in [-0.05, 0) is 29.7 Å². The van der Waals surface area contributed by atoms with Gasteiger partial charge in [0, 0.05) is 25.2 Å². The standard InChI is InChI=1S/C17H24N2O3/c1-4-12(2)16(21)11-18-17(22)10-7-14-5-8-15(9-6-14)19-13(3)20/h5-10,12,16,21H,4,11H2,1-3H3,(H,18,22)(H,19,20)/b10-7+. The molecular weight excluding hydrogens is 280 g/mol. The van der Waals surface area contributed by atoms with Crippen LogP contribution in [0.25, 0.3) is 6.08 Å². The van der Waals surface area contributed by atoms with Crippen LogP contribution in [-0.2, 0) is 9.59 Å². The Morgan fingerprint density at radius 2 is 1.91 bits per heavy atom. The van der Waals surface area contributed by atoms with Crippen molar-refractivity contribution in [2.45, 2.75) is 33.3 Å². The van der Waals surface area contributed by atoms with E-state index in [0.29, 0.717) is 5.69 Å². The molecule has 0 heterocycles. The molecule has 0 aliphatic heterocycles. The lowest BCUT2D eigenvalue weighted by Gasteiger charge is -2.16. The first-order valence-corrected chi connectivity index (χ1v) is 7.44. The molecule has 5 nitrogen and oxygen atoms in total. The zero-order valence-electron chi connectivity index (χ0n) is 13.3. The van der Waals surface area contributed by atoms with Crippen molar-refractivity contribution in [2.24, 2.45) is 5.92 Å². The Kier molecular flexibility index (Phi) is 7.32. The number of aliphatic hydroxyl groups excluding tert-OH is 1. The minimum absolute atomic E-state index is 0.123. The molecule has 0 fully saturated rings. The van der Waals surface area contributed by atoms with Crippen LogP contribution < -0.4 is 10.6 Å². The molecule has 1 rings (SSSR count). The molecule has 0 bridgehead atoms. The molecule has 0 saturated carbocycles. The zero-order valence-corrected chi connectivity index (χ0v) is 13.3. The topological polar surface area (TPSA) is 78.4 Å². The third kappa shape index (κ3) is 6.54. The van der Waals surface area contributed by atoms with Crippen molar-refractivity contribution in [3.63, 3.8) is 0 Å². The van der Waals surface area contributed by atoms with Gasteiger partial charge in [-0.15, -0.1) is 0 Å². The van der Waals surface area contributed by atoms with Crippen LogP contribution in [0.3, 0.4) is 0 Å². The highest BCUT2D eigenvalue weighted by molar-refractivity contribution is 5.92. The van der Waals surface area contributed by atoms with Gasteiger partial charge in [-0.1, -0.05) is 32.4 Å². The number of carbonyl (C=O) groups is 2. The fourth-order valence-corrected chi connectivity index (χ4v) is 1.79. The molecule has 5 heteroatoms. The molecule has 2 unspecified atom stereocenters. The van der Waals surface area contributed by atoms with Gasteiger partial charge in [0.05, 0.1) is 6.10 Å². The predicted octanol–water partition coefficient (Wildman–Crippen LogP) is 2.18. The summed E-state index contributed by atoms with van der Waals surface area (Å²) < 4.78 is 0. The quantitative estimate of drug-likeness (QED) is 0.676. The molecule has 22 heavy (non-hydrogen) atoms. The number of aliphatic hydroxyl groups is 1. The third-order valence-electron chi connectivity index (χ3n) is 3.44. The van der Waals surface area contributed by atoms with Crippen molar-refractivity contribution in [2.75, 3.05) is 11.9 Å². The first kappa shape index (κ1) is 17.9. The summed E-state index contributed by atoms with van der Waals surface area (Å²) in [6, 6.07) is 7.16. The van der Waals surface area contributed by atoms with Crippen molar-refractivity contribution in [3.8, 4) is 0 Å². The average Bonchev–Trinajstić information content (AvgIpc) is 2.50. The van der Waals surface area contributed by atoms with E-state index < -0.39 is 6.10 Å². The van der Waals surface area contributed by atoms with Crippen LogP contribution in [-0.4, -0.2) is 29.6 Å². The minimum atomic E-state index is -0.528. The van der Waals surface area contributed by atoms with Crippen LogP contribution in [0.4, 0.5) is 5.69 Å². The van der Waals surface area contributed by atoms with E-state index in [1.807, 2.05) is 26.0 Å². The van der Waals surface area contributed by atoms with Crippen molar-refractivity contribution < 1.29 is 14.7 Å². The molecular formula is C17H24N2O3. The Bertz CT molecular complexity index is 523. The number of rotatable bonds is 7. The number of carbonyl (C=O) groups excluding carboxylic acids is 2. The maximum atomic E-state index is 11.7. The summed E-state index contributed by atoms with van der Waals surface area (Å²) in [4.78, 5) is 22.6. The van der Waals surface area contributed by atoms with Crippen molar-refractivity contribution in [1.29, 1.82) is 0 Å². The van der Waals surface area contributed by atoms with Crippen LogP contribution in [0.15, 0.2) is 30.3 Å². The number of nitrogens with one attached hydrogen (secondary N) is 2. The summed E-state index contributed by atoms with van der Waals surface area (Å²) in [5, 5.41) is 15.1. The molecule has 0 aliphatic rings. The maximum absolute atomic E-state index is 11.7. The number of benzene rings is 1. The molecule has 2 atom stereocenters. The van der Waals surface area contributed by atoms with Gasteiger partial charge in [-0.2, -0.15) is 0 Å². The van der Waals surface area contributed by atoms with E-state index in [0.717, 1.165) is 12.0 Å². The Morgan fingerprint density at radius 1 is 1.27 bits per heavy atom. The molecule has 3 N–H and O–H groups in total. The zero-order chi connectivity index (χ0) is 16.5. The molecule has 0 spiro atoms. The number of hydrogen-bond donors (Lipinski definition) is 3. The van der Waals surface area contributed by atoms with Crippen LogP contribution in [0.2, 0.25) is 0 Å². The molecule has 1 aromatic rings. The van der Waals surface area contributed by atoms with Crippen LogP contribution in [0.1, 0.15) is 32.8 Å². The Balaban J connectivity index is 2.46. The van der Waals surface area contributed by atoms with Crippen LogP contribution in [0.5, 0.6) is 0 Å². The lowest BCUT2D eigenvalue weighted by molar-refractivity contribution is -0.117. The first-order chi connectivity index (χ1) is 10.4. The summed E-state index contributed by atoms with van der Waals surface area (Å²) >= 11 is 0. The van der Waals surface area contributed by atoms with E-state index in [4.69, 9.17) is 0 Å². The Hall–Kier alpha value is -2.14. The summed E-state index contributed by atoms with van der Waals surface area (Å²) in [5.41, 5.74) is 1.57. The Labute approximate surface area is 131 Å². The number of anilines is 1. The Morgan fingerprint density at radius 3 is 2.45 bits per heavy atom. The summed E-state index contributed by atoms with van der Waals surface area (Å²) in [6.45, 7) is 5.65. The minimum Gasteiger partial charge on any atom is -0.391 e. The summed E-state index contributed by atoms with van der Waals surface area (Å²) in [7, 11) is 0. The lowest BCUT2D eigenvalue weighted by Crippen LogP contribution is -2.34. The second-order valence-electron chi connectivity index (χ2n) is 5.33. The van der Waals surface area contributed by atoms with Gasteiger partial charge in [-0.25, -0.2) is 0 Å². The highest BCUT2D eigenvalue weighted by Crippen LogP contribution is 2.10. The highest BCUT2D eigenvalue weighted by Gasteiger charge is 2.12.